The maximum Gasteiger partial charge on any atom is -0.00173 e. The molecule has 2 rings (SSSR count). The van der Waals surface area contributed by atoms with E-state index in [0.717, 1.165) is 5.92 Å². The van der Waals surface area contributed by atoms with Crippen LogP contribution in [0.1, 0.15) is 36.0 Å². The Kier molecular flexibility index (Phi) is 4.00. The van der Waals surface area contributed by atoms with Gasteiger partial charge in [-0.2, -0.15) is 0 Å². The first-order valence-electron chi connectivity index (χ1n) is 6.52. The molecule has 1 N–H and O–H groups in total. The van der Waals surface area contributed by atoms with Crippen LogP contribution in [-0.2, 0) is 6.42 Å². The van der Waals surface area contributed by atoms with Gasteiger partial charge in [-0.1, -0.05) is 30.2 Å². The fourth-order valence-electron chi connectivity index (χ4n) is 2.60. The first-order valence-corrected chi connectivity index (χ1v) is 6.52. The van der Waals surface area contributed by atoms with Crippen LogP contribution in [0.2, 0.25) is 0 Å². The van der Waals surface area contributed by atoms with E-state index >= 15 is 0 Å². The van der Waals surface area contributed by atoms with Crippen LogP contribution in [0.3, 0.4) is 0 Å². The van der Waals surface area contributed by atoms with Crippen LogP contribution in [0.5, 0.6) is 0 Å². The van der Waals surface area contributed by atoms with Gasteiger partial charge in [-0.3, -0.25) is 0 Å². The van der Waals surface area contributed by atoms with Crippen molar-refractivity contribution in [3.63, 3.8) is 0 Å². The second-order valence-corrected chi connectivity index (χ2v) is 5.20. The lowest BCUT2D eigenvalue weighted by atomic mass is 9.92. The zero-order valence-corrected chi connectivity index (χ0v) is 10.6. The second kappa shape index (κ2) is 5.49. The molecule has 0 amide bonds. The molecular weight excluding hydrogens is 194 g/mol. The second-order valence-electron chi connectivity index (χ2n) is 5.20. The van der Waals surface area contributed by atoms with Gasteiger partial charge in [-0.05, 0) is 63.2 Å². The van der Waals surface area contributed by atoms with E-state index in [4.69, 9.17) is 0 Å². The minimum Gasteiger partial charge on any atom is -0.316 e. The molecule has 0 bridgehead atoms. The predicted molar refractivity (Wildman–Crippen MR) is 69.8 cm³/mol. The summed E-state index contributed by atoms with van der Waals surface area (Å²) >= 11 is 0. The van der Waals surface area contributed by atoms with Crippen molar-refractivity contribution >= 4 is 0 Å². The maximum atomic E-state index is 3.55. The van der Waals surface area contributed by atoms with E-state index in [9.17, 15) is 0 Å². The van der Waals surface area contributed by atoms with Crippen LogP contribution in [0.4, 0.5) is 0 Å². The van der Waals surface area contributed by atoms with E-state index in [0.29, 0.717) is 0 Å². The Hall–Kier alpha value is -0.820. The highest BCUT2D eigenvalue weighted by Crippen LogP contribution is 2.20. The fourth-order valence-corrected chi connectivity index (χ4v) is 2.60. The van der Waals surface area contributed by atoms with Crippen molar-refractivity contribution < 1.29 is 0 Å². The van der Waals surface area contributed by atoms with Gasteiger partial charge in [0.2, 0.25) is 0 Å². The normalized spacial score (nSPS) is 21.8. The summed E-state index contributed by atoms with van der Waals surface area (Å²) < 4.78 is 0. The van der Waals surface area contributed by atoms with Crippen LogP contribution in [0.25, 0.3) is 0 Å². The molecule has 1 aliphatic rings. The lowest BCUT2D eigenvalue weighted by Gasteiger charge is -2.16. The van der Waals surface area contributed by atoms with Gasteiger partial charge < -0.3 is 5.32 Å². The average molecular weight is 217 g/mol. The van der Waals surface area contributed by atoms with E-state index in [1.165, 1.54) is 49.9 Å². The topological polar surface area (TPSA) is 12.0 Å². The zero-order valence-electron chi connectivity index (χ0n) is 10.6. The standard InChI is InChI=1S/C15H23N/c1-12-6-7-13(2)15(9-12)10-14-5-3-4-8-16-11-14/h6-7,9,14,16H,3-5,8,10-11H2,1-2H3. The molecular formula is C15H23N. The number of aryl methyl sites for hydroxylation is 2. The molecule has 0 spiro atoms. The lowest BCUT2D eigenvalue weighted by Crippen LogP contribution is -2.22. The highest BCUT2D eigenvalue weighted by Gasteiger charge is 2.13. The number of hydrogen-bond donors (Lipinski definition) is 1. The minimum atomic E-state index is 0.836. The van der Waals surface area contributed by atoms with Crippen molar-refractivity contribution in [2.45, 2.75) is 39.5 Å². The molecule has 0 radical (unpaired) electrons. The van der Waals surface area contributed by atoms with Crippen molar-refractivity contribution in [3.05, 3.63) is 34.9 Å². The molecule has 88 valence electrons. The molecule has 1 fully saturated rings. The highest BCUT2D eigenvalue weighted by atomic mass is 14.9. The Bertz CT molecular complexity index is 335. The highest BCUT2D eigenvalue weighted by molar-refractivity contribution is 5.30. The Morgan fingerprint density at radius 1 is 1.25 bits per heavy atom. The monoisotopic (exact) mass is 217 g/mol. The van der Waals surface area contributed by atoms with Crippen LogP contribution >= 0.6 is 0 Å². The van der Waals surface area contributed by atoms with Crippen LogP contribution in [-0.4, -0.2) is 13.1 Å². The number of nitrogens with one attached hydrogen (secondary N) is 1. The third-order valence-electron chi connectivity index (χ3n) is 3.66. The SMILES string of the molecule is Cc1ccc(C)c(CC2CCCCNC2)c1. The summed E-state index contributed by atoms with van der Waals surface area (Å²) in [4.78, 5) is 0. The van der Waals surface area contributed by atoms with Gasteiger partial charge >= 0.3 is 0 Å². The smallest absolute Gasteiger partial charge is 0.00173 e. The largest absolute Gasteiger partial charge is 0.316 e. The van der Waals surface area contributed by atoms with Crippen molar-refractivity contribution in [2.24, 2.45) is 5.92 Å². The summed E-state index contributed by atoms with van der Waals surface area (Å²) in [7, 11) is 0. The van der Waals surface area contributed by atoms with Crippen molar-refractivity contribution in [1.82, 2.24) is 5.32 Å². The molecule has 1 aromatic carbocycles. The molecule has 1 atom stereocenters. The van der Waals surface area contributed by atoms with Crippen LogP contribution < -0.4 is 5.32 Å². The van der Waals surface area contributed by atoms with E-state index < -0.39 is 0 Å². The lowest BCUT2D eigenvalue weighted by molar-refractivity contribution is 0.476. The Labute approximate surface area is 99.3 Å². The van der Waals surface area contributed by atoms with E-state index in [2.05, 4.69) is 37.4 Å². The van der Waals surface area contributed by atoms with E-state index in [1.807, 2.05) is 0 Å². The van der Waals surface area contributed by atoms with Gasteiger partial charge in [-0.25, -0.2) is 0 Å². The Morgan fingerprint density at radius 2 is 2.12 bits per heavy atom. The summed E-state index contributed by atoms with van der Waals surface area (Å²) in [5, 5.41) is 3.55. The molecule has 1 heterocycles. The van der Waals surface area contributed by atoms with E-state index in [1.54, 1.807) is 5.56 Å². The van der Waals surface area contributed by atoms with Crippen molar-refractivity contribution in [2.75, 3.05) is 13.1 Å². The van der Waals surface area contributed by atoms with Crippen LogP contribution in [0, 0.1) is 19.8 Å². The molecule has 1 aromatic rings. The third kappa shape index (κ3) is 3.08. The molecule has 1 saturated heterocycles. The van der Waals surface area contributed by atoms with Gasteiger partial charge in [-0.15, -0.1) is 0 Å². The molecule has 0 saturated carbocycles. The summed E-state index contributed by atoms with van der Waals surface area (Å²) in [5.41, 5.74) is 4.39. The van der Waals surface area contributed by atoms with Gasteiger partial charge in [0.05, 0.1) is 0 Å². The zero-order chi connectivity index (χ0) is 11.4. The number of benzene rings is 1. The third-order valence-corrected chi connectivity index (χ3v) is 3.66. The Morgan fingerprint density at radius 3 is 3.00 bits per heavy atom. The Balaban J connectivity index is 2.04. The summed E-state index contributed by atoms with van der Waals surface area (Å²) in [5.74, 6) is 0.836. The van der Waals surface area contributed by atoms with Gasteiger partial charge in [0.25, 0.3) is 0 Å². The van der Waals surface area contributed by atoms with Crippen molar-refractivity contribution in [1.29, 1.82) is 0 Å². The van der Waals surface area contributed by atoms with Gasteiger partial charge in [0.15, 0.2) is 0 Å². The molecule has 0 aliphatic carbocycles. The average Bonchev–Trinajstić information content (AvgIpc) is 2.52. The number of hydrogen-bond acceptors (Lipinski definition) is 1. The molecule has 16 heavy (non-hydrogen) atoms. The predicted octanol–water partition coefficient (Wildman–Crippen LogP) is 3.24. The van der Waals surface area contributed by atoms with Crippen molar-refractivity contribution in [3.8, 4) is 0 Å². The van der Waals surface area contributed by atoms with Gasteiger partial charge in [0, 0.05) is 0 Å². The fraction of sp³-hybridized carbons (Fsp3) is 0.600. The quantitative estimate of drug-likeness (QED) is 0.802. The van der Waals surface area contributed by atoms with Crippen LogP contribution in [0.15, 0.2) is 18.2 Å². The summed E-state index contributed by atoms with van der Waals surface area (Å²) in [6, 6.07) is 6.83. The summed E-state index contributed by atoms with van der Waals surface area (Å²) in [6.45, 7) is 6.84. The molecule has 1 unspecified atom stereocenters. The first kappa shape index (κ1) is 11.7. The number of rotatable bonds is 2. The molecule has 1 aliphatic heterocycles. The minimum absolute atomic E-state index is 0.836. The maximum absolute atomic E-state index is 3.55. The first-order chi connectivity index (χ1) is 7.75. The molecule has 0 aromatic heterocycles. The summed E-state index contributed by atoms with van der Waals surface area (Å²) in [6.07, 6.45) is 5.38. The van der Waals surface area contributed by atoms with Gasteiger partial charge in [0.1, 0.15) is 0 Å². The van der Waals surface area contributed by atoms with E-state index in [-0.39, 0.29) is 0 Å². The molecule has 1 nitrogen and oxygen atoms in total. The molecule has 1 heteroatoms.